The number of halogens is 11. The van der Waals surface area contributed by atoms with E-state index in [1.165, 1.54) is 0 Å². The lowest BCUT2D eigenvalue weighted by molar-refractivity contribution is -0.599. The fraction of sp³-hybridized carbons (Fsp3) is 0.200. The summed E-state index contributed by atoms with van der Waals surface area (Å²) in [6, 6.07) is 1.73. The maximum atomic E-state index is 13.1. The van der Waals surface area contributed by atoms with Gasteiger partial charge in [0.2, 0.25) is 0 Å². The van der Waals surface area contributed by atoms with Gasteiger partial charge in [-0.2, -0.15) is 0 Å². The first-order valence-electron chi connectivity index (χ1n) is 7.22. The Hall–Kier alpha value is -0.830. The van der Waals surface area contributed by atoms with E-state index in [4.69, 9.17) is 0 Å². The van der Waals surface area contributed by atoms with E-state index < -0.39 is 61.1 Å². The van der Waals surface area contributed by atoms with Crippen molar-refractivity contribution in [3.63, 3.8) is 0 Å². The second kappa shape index (κ2) is 5.25. The van der Waals surface area contributed by atoms with Crippen LogP contribution in [-0.4, -0.2) is 0 Å². The van der Waals surface area contributed by atoms with E-state index in [2.05, 4.69) is 0 Å². The van der Waals surface area contributed by atoms with Gasteiger partial charge in [0.05, 0.1) is 0 Å². The molecule has 0 spiro atoms. The average Bonchev–Trinajstić information content (AvgIpc) is 2.37. The first kappa shape index (κ1) is 23.4. The molecule has 0 fully saturated rings. The summed E-state index contributed by atoms with van der Waals surface area (Å²) in [5.74, 6) is 0. The van der Waals surface area contributed by atoms with E-state index in [1.54, 1.807) is 32.9 Å². The molecule has 0 unspecified atom stereocenters. The van der Waals surface area contributed by atoms with Crippen molar-refractivity contribution in [1.82, 2.24) is 0 Å². The summed E-state index contributed by atoms with van der Waals surface area (Å²) >= 11 is -1.88. The fourth-order valence-electron chi connectivity index (χ4n) is 2.46. The summed E-state index contributed by atoms with van der Waals surface area (Å²) in [7, 11) is -21.2. The zero-order valence-corrected chi connectivity index (χ0v) is 18.2. The van der Waals surface area contributed by atoms with Gasteiger partial charge in [0.25, 0.3) is 0 Å². The Morgan fingerprint density at radius 1 is 0.571 bits per heavy atom. The lowest BCUT2D eigenvalue weighted by Gasteiger charge is -2.43. The zero-order chi connectivity index (χ0) is 22.1. The predicted molar refractivity (Wildman–Crippen MR) is 87.3 cm³/mol. The molecule has 0 aliphatic heterocycles. The van der Waals surface area contributed by atoms with Crippen LogP contribution in [0, 0.1) is 27.9 Å². The molecule has 0 saturated heterocycles. The van der Waals surface area contributed by atoms with E-state index in [9.17, 15) is 38.9 Å². The molecule has 0 aliphatic carbocycles. The van der Waals surface area contributed by atoms with E-state index in [-0.39, 0.29) is 12.1 Å². The quantitative estimate of drug-likeness (QED) is 0.308. The van der Waals surface area contributed by atoms with E-state index in [1.807, 2.05) is 0 Å². The van der Waals surface area contributed by atoms with Crippen molar-refractivity contribution in [3.05, 3.63) is 54.2 Å². The van der Waals surface area contributed by atoms with Crippen LogP contribution in [0.2, 0.25) is 0 Å². The van der Waals surface area contributed by atoms with Crippen LogP contribution in [0.1, 0.15) is 16.7 Å². The highest BCUT2D eigenvalue weighted by Crippen LogP contribution is 3.05. The number of benzene rings is 2. The number of hydrogen-bond acceptors (Lipinski definition) is 0. The van der Waals surface area contributed by atoms with Gasteiger partial charge in [-0.25, -0.2) is 0 Å². The third kappa shape index (κ3) is 5.62. The molecule has 162 valence electrons. The molecule has 28 heavy (non-hydrogen) atoms. The summed E-state index contributed by atoms with van der Waals surface area (Å²) < 4.78 is 131. The van der Waals surface area contributed by atoms with Crippen molar-refractivity contribution in [2.24, 2.45) is 0 Å². The summed E-state index contributed by atoms with van der Waals surface area (Å²) in [4.78, 5) is -5.94. The SMILES string of the molecule is Cc1cc(C)c([I+]c2cc(S(F)(F)(F)(F)F)cc(S(F)(F)(F)(F)F)c2)c(C)c1. The highest BCUT2D eigenvalue weighted by atomic mass is 127. The smallest absolute Gasteiger partial charge is 0.0936 e. The molecule has 0 aromatic heterocycles. The Bertz CT molecular complexity index is 906. The largest absolute Gasteiger partial charge is 0.358 e. The van der Waals surface area contributed by atoms with Crippen LogP contribution in [0.25, 0.3) is 0 Å². The van der Waals surface area contributed by atoms with Gasteiger partial charge < -0.3 is 0 Å². The van der Waals surface area contributed by atoms with Crippen LogP contribution in [0.15, 0.2) is 40.1 Å². The molecule has 0 atom stereocenters. The van der Waals surface area contributed by atoms with E-state index in [0.29, 0.717) is 14.7 Å². The topological polar surface area (TPSA) is 0 Å². The zero-order valence-electron chi connectivity index (χ0n) is 14.4. The Kier molecular flexibility index (Phi) is 4.40. The summed E-state index contributed by atoms with van der Waals surface area (Å²) in [5.41, 5.74) is 1.82. The minimum Gasteiger partial charge on any atom is -0.0936 e. The standard InChI is InChI=1S/C15H14F10IS2/c1-9-4-10(2)15(11(3)5-9)26-12-6-13(27(16,17,18,19)20)8-14(7-12)28(21,22,23,24)25/h4-8H,1-3H3/q+1. The predicted octanol–water partition coefficient (Wildman–Crippen LogP) is 6.06. The Balaban J connectivity index is 2.81. The second-order valence-corrected chi connectivity index (χ2v) is 14.1. The summed E-state index contributed by atoms with van der Waals surface area (Å²) in [5, 5.41) is 0. The Labute approximate surface area is 165 Å². The molecule has 0 N–H and O–H groups in total. The van der Waals surface area contributed by atoms with Crippen molar-refractivity contribution < 1.29 is 60.1 Å². The number of aryl methyl sites for hydroxylation is 3. The van der Waals surface area contributed by atoms with Gasteiger partial charge in [-0.1, -0.05) is 56.6 Å². The van der Waals surface area contributed by atoms with Crippen LogP contribution in [0.3, 0.4) is 0 Å². The molecule has 2 aromatic carbocycles. The molecule has 0 heterocycles. The average molecular weight is 575 g/mol. The maximum Gasteiger partial charge on any atom is 0.358 e. The molecule has 2 rings (SSSR count). The molecular formula is C15H14F10IS2+. The van der Waals surface area contributed by atoms with E-state index in [0.717, 1.165) is 5.56 Å². The number of hydrogen-bond donors (Lipinski definition) is 0. The van der Waals surface area contributed by atoms with Gasteiger partial charge in [-0.05, 0) is 26.8 Å². The van der Waals surface area contributed by atoms with Crippen LogP contribution in [-0.2, 0) is 0 Å². The minimum atomic E-state index is -10.6. The maximum absolute atomic E-state index is 13.1. The van der Waals surface area contributed by atoms with Gasteiger partial charge in [0, 0.05) is 23.3 Å². The summed E-state index contributed by atoms with van der Waals surface area (Å²) in [6.07, 6.45) is 0. The van der Waals surface area contributed by atoms with Crippen LogP contribution in [0.4, 0.5) is 38.9 Å². The monoisotopic (exact) mass is 575 g/mol. The highest BCUT2D eigenvalue weighted by Gasteiger charge is 2.70. The van der Waals surface area contributed by atoms with Gasteiger partial charge in [0.15, 0.2) is 7.14 Å². The lowest BCUT2D eigenvalue weighted by atomic mass is 10.1. The van der Waals surface area contributed by atoms with Gasteiger partial charge >= 0.3 is 41.7 Å². The fourth-order valence-corrected chi connectivity index (χ4v) is 7.12. The van der Waals surface area contributed by atoms with Gasteiger partial charge in [-0.3, -0.25) is 0 Å². The first-order chi connectivity index (χ1) is 11.9. The number of rotatable bonds is 4. The van der Waals surface area contributed by atoms with Crippen molar-refractivity contribution in [2.75, 3.05) is 0 Å². The molecule has 0 nitrogen and oxygen atoms in total. The molecule has 2 aromatic rings. The molecule has 0 bridgehead atoms. The third-order valence-electron chi connectivity index (χ3n) is 3.52. The first-order valence-corrected chi connectivity index (χ1v) is 13.3. The van der Waals surface area contributed by atoms with Crippen molar-refractivity contribution >= 4 is 20.4 Å². The molecule has 0 radical (unpaired) electrons. The lowest BCUT2D eigenvalue weighted by Crippen LogP contribution is -3.62. The Morgan fingerprint density at radius 2 is 0.929 bits per heavy atom. The van der Waals surface area contributed by atoms with Gasteiger partial charge in [-0.15, -0.1) is 0 Å². The Morgan fingerprint density at radius 3 is 1.25 bits per heavy atom. The molecule has 0 aliphatic rings. The van der Waals surface area contributed by atoms with Crippen LogP contribution >= 0.6 is 20.4 Å². The minimum absolute atomic E-state index is 0.152. The van der Waals surface area contributed by atoms with Gasteiger partial charge in [0.1, 0.15) is 9.79 Å². The normalized spacial score (nSPS) is 18.0. The second-order valence-electron chi connectivity index (χ2n) is 6.37. The molecule has 13 heteroatoms. The van der Waals surface area contributed by atoms with Crippen molar-refractivity contribution in [2.45, 2.75) is 30.6 Å². The van der Waals surface area contributed by atoms with Crippen LogP contribution < -0.4 is 21.2 Å². The van der Waals surface area contributed by atoms with Crippen molar-refractivity contribution in [3.8, 4) is 0 Å². The molecule has 0 amide bonds. The van der Waals surface area contributed by atoms with E-state index >= 15 is 0 Å². The third-order valence-corrected chi connectivity index (χ3v) is 9.26. The van der Waals surface area contributed by atoms with Crippen LogP contribution in [0.5, 0.6) is 0 Å². The highest BCUT2D eigenvalue weighted by molar-refractivity contribution is 8.46. The molecular weight excluding hydrogens is 561 g/mol. The molecule has 0 saturated carbocycles. The van der Waals surface area contributed by atoms with Crippen molar-refractivity contribution in [1.29, 1.82) is 0 Å². The summed E-state index contributed by atoms with van der Waals surface area (Å²) in [6.45, 7) is 4.81.